The summed E-state index contributed by atoms with van der Waals surface area (Å²) in [5.41, 5.74) is 10.4. The van der Waals surface area contributed by atoms with Crippen LogP contribution in [0.25, 0.3) is 0 Å². The third-order valence-corrected chi connectivity index (χ3v) is 3.84. The van der Waals surface area contributed by atoms with Crippen molar-refractivity contribution in [3.63, 3.8) is 0 Å². The van der Waals surface area contributed by atoms with Crippen molar-refractivity contribution in [2.75, 3.05) is 0 Å². The lowest BCUT2D eigenvalue weighted by atomic mass is 10.0. The quantitative estimate of drug-likeness (QED) is 0.160. The maximum atomic E-state index is 12.4. The minimum atomic E-state index is -1.58. The van der Waals surface area contributed by atoms with Gasteiger partial charge in [0, 0.05) is 0 Å². The molecule has 0 radical (unpaired) electrons. The van der Waals surface area contributed by atoms with E-state index >= 15 is 0 Å². The standard InChI is InChI=1S/C17H29N5O8/c1-7(2)4-11(17(29)30)22-16(28)10(6-13(24)25)21-14(26)8(3)20-15(27)9(18)5-12(19)23/h7-11H,4-6,18H2,1-3H3,(H2,19,23)(H,20,27)(H,21,26)(H,22,28)(H,24,25)(H,29,30). The van der Waals surface area contributed by atoms with Gasteiger partial charge in [0.1, 0.15) is 18.1 Å². The largest absolute Gasteiger partial charge is 0.481 e. The summed E-state index contributed by atoms with van der Waals surface area (Å²) in [6, 6.07) is -5.37. The molecule has 170 valence electrons. The van der Waals surface area contributed by atoms with Crippen LogP contribution < -0.4 is 27.4 Å². The summed E-state index contributed by atoms with van der Waals surface area (Å²) in [5, 5.41) is 24.8. The van der Waals surface area contributed by atoms with Crippen molar-refractivity contribution in [1.29, 1.82) is 0 Å². The Bertz CT molecular complexity index is 681. The van der Waals surface area contributed by atoms with Crippen molar-refractivity contribution in [2.45, 2.75) is 64.2 Å². The molecule has 0 aromatic heterocycles. The van der Waals surface area contributed by atoms with Gasteiger partial charge in [0.25, 0.3) is 0 Å². The highest BCUT2D eigenvalue weighted by Crippen LogP contribution is 2.06. The van der Waals surface area contributed by atoms with Crippen LogP contribution in [-0.2, 0) is 28.8 Å². The van der Waals surface area contributed by atoms with Gasteiger partial charge in [-0.25, -0.2) is 4.79 Å². The van der Waals surface area contributed by atoms with Crippen LogP contribution in [0.3, 0.4) is 0 Å². The maximum absolute atomic E-state index is 12.4. The van der Waals surface area contributed by atoms with Crippen LogP contribution in [0.15, 0.2) is 0 Å². The van der Waals surface area contributed by atoms with E-state index in [0.29, 0.717) is 0 Å². The molecule has 4 atom stereocenters. The average molecular weight is 431 g/mol. The van der Waals surface area contributed by atoms with Crippen LogP contribution in [0.4, 0.5) is 0 Å². The molecule has 30 heavy (non-hydrogen) atoms. The zero-order chi connectivity index (χ0) is 23.6. The molecule has 4 unspecified atom stereocenters. The summed E-state index contributed by atoms with van der Waals surface area (Å²) in [7, 11) is 0. The van der Waals surface area contributed by atoms with Gasteiger partial charge in [0.2, 0.25) is 23.6 Å². The number of aliphatic carboxylic acids is 2. The van der Waals surface area contributed by atoms with Crippen LogP contribution in [0, 0.1) is 5.92 Å². The van der Waals surface area contributed by atoms with E-state index in [0.717, 1.165) is 0 Å². The summed E-state index contributed by atoms with van der Waals surface area (Å²) in [6.45, 7) is 4.73. The fraction of sp³-hybridized carbons (Fsp3) is 0.647. The number of hydrogen-bond donors (Lipinski definition) is 7. The number of carbonyl (C=O) groups excluding carboxylic acids is 4. The third-order valence-electron chi connectivity index (χ3n) is 3.84. The number of amides is 4. The predicted octanol–water partition coefficient (Wildman–Crippen LogP) is -2.73. The lowest BCUT2D eigenvalue weighted by Crippen LogP contribution is -2.57. The van der Waals surface area contributed by atoms with Crippen LogP contribution in [0.2, 0.25) is 0 Å². The van der Waals surface area contributed by atoms with Gasteiger partial charge in [0.05, 0.1) is 18.9 Å². The Balaban J connectivity index is 5.13. The zero-order valence-electron chi connectivity index (χ0n) is 17.0. The fourth-order valence-electron chi connectivity index (χ4n) is 2.34. The summed E-state index contributed by atoms with van der Waals surface area (Å²) < 4.78 is 0. The van der Waals surface area contributed by atoms with Crippen molar-refractivity contribution in [2.24, 2.45) is 17.4 Å². The second-order valence-electron chi connectivity index (χ2n) is 7.20. The number of primary amides is 1. The molecule has 0 saturated heterocycles. The molecule has 0 aromatic carbocycles. The van der Waals surface area contributed by atoms with Gasteiger partial charge in [-0.3, -0.25) is 24.0 Å². The molecular weight excluding hydrogens is 402 g/mol. The maximum Gasteiger partial charge on any atom is 0.326 e. The fourth-order valence-corrected chi connectivity index (χ4v) is 2.34. The molecule has 13 nitrogen and oxygen atoms in total. The first-order chi connectivity index (χ1) is 13.7. The number of carboxylic acid groups (broad SMARTS) is 2. The number of nitrogens with one attached hydrogen (secondary N) is 3. The van der Waals surface area contributed by atoms with Crippen molar-refractivity contribution in [1.82, 2.24) is 16.0 Å². The zero-order valence-corrected chi connectivity index (χ0v) is 17.0. The van der Waals surface area contributed by atoms with Crippen molar-refractivity contribution in [3.8, 4) is 0 Å². The Kier molecular flexibility index (Phi) is 11.0. The summed E-state index contributed by atoms with van der Waals surface area (Å²) in [4.78, 5) is 69.6. The Labute approximate surface area is 172 Å². The van der Waals surface area contributed by atoms with E-state index in [-0.39, 0.29) is 12.3 Å². The van der Waals surface area contributed by atoms with E-state index in [2.05, 4.69) is 16.0 Å². The average Bonchev–Trinajstić information content (AvgIpc) is 2.58. The van der Waals surface area contributed by atoms with Gasteiger partial charge in [0.15, 0.2) is 0 Å². The predicted molar refractivity (Wildman–Crippen MR) is 103 cm³/mol. The van der Waals surface area contributed by atoms with Crippen LogP contribution in [0.5, 0.6) is 0 Å². The molecule has 0 spiro atoms. The molecule has 0 aliphatic carbocycles. The second-order valence-corrected chi connectivity index (χ2v) is 7.20. The number of rotatable bonds is 13. The molecule has 0 rings (SSSR count). The summed E-state index contributed by atoms with van der Waals surface area (Å²) >= 11 is 0. The molecule has 0 aromatic rings. The Hall–Kier alpha value is -3.22. The molecule has 0 fully saturated rings. The topological polar surface area (TPSA) is 231 Å². The van der Waals surface area contributed by atoms with Crippen LogP contribution in [0.1, 0.15) is 40.0 Å². The van der Waals surface area contributed by atoms with Gasteiger partial charge < -0.3 is 37.6 Å². The first kappa shape index (κ1) is 26.8. The molecule has 9 N–H and O–H groups in total. The Morgan fingerprint density at radius 1 is 0.800 bits per heavy atom. The van der Waals surface area contributed by atoms with Crippen LogP contribution >= 0.6 is 0 Å². The van der Waals surface area contributed by atoms with E-state index in [9.17, 15) is 33.9 Å². The van der Waals surface area contributed by atoms with E-state index < -0.39 is 72.6 Å². The number of hydrogen-bond acceptors (Lipinski definition) is 7. The van der Waals surface area contributed by atoms with Crippen LogP contribution in [-0.4, -0.2) is 69.9 Å². The molecule has 0 bridgehead atoms. The number of carbonyl (C=O) groups is 6. The minimum Gasteiger partial charge on any atom is -0.481 e. The van der Waals surface area contributed by atoms with E-state index in [1.54, 1.807) is 13.8 Å². The summed E-state index contributed by atoms with van der Waals surface area (Å²) in [6.07, 6.45) is -1.16. The highest BCUT2D eigenvalue weighted by Gasteiger charge is 2.30. The molecule has 0 heterocycles. The Morgan fingerprint density at radius 2 is 1.33 bits per heavy atom. The number of carboxylic acids is 2. The van der Waals surface area contributed by atoms with Gasteiger partial charge >= 0.3 is 11.9 Å². The van der Waals surface area contributed by atoms with Gasteiger partial charge in [-0.1, -0.05) is 13.8 Å². The monoisotopic (exact) mass is 431 g/mol. The molecule has 13 heteroatoms. The first-order valence-electron chi connectivity index (χ1n) is 9.14. The SMILES string of the molecule is CC(C)CC(NC(=O)C(CC(=O)O)NC(=O)C(C)NC(=O)C(N)CC(N)=O)C(=O)O. The van der Waals surface area contributed by atoms with Gasteiger partial charge in [-0.2, -0.15) is 0 Å². The number of nitrogens with two attached hydrogens (primary N) is 2. The minimum absolute atomic E-state index is 0.0706. The van der Waals surface area contributed by atoms with Crippen molar-refractivity contribution >= 4 is 35.6 Å². The lowest BCUT2D eigenvalue weighted by molar-refractivity contribution is -0.144. The smallest absolute Gasteiger partial charge is 0.326 e. The van der Waals surface area contributed by atoms with Gasteiger partial charge in [-0.05, 0) is 19.3 Å². The normalized spacial score (nSPS) is 14.7. The third kappa shape index (κ3) is 10.4. The van der Waals surface area contributed by atoms with Gasteiger partial charge in [-0.15, -0.1) is 0 Å². The van der Waals surface area contributed by atoms with Crippen molar-refractivity contribution < 1.29 is 39.0 Å². The van der Waals surface area contributed by atoms with E-state index in [4.69, 9.17) is 16.6 Å². The van der Waals surface area contributed by atoms with E-state index in [1.807, 2.05) is 0 Å². The highest BCUT2D eigenvalue weighted by molar-refractivity contribution is 5.96. The molecule has 0 aliphatic heterocycles. The molecule has 4 amide bonds. The van der Waals surface area contributed by atoms with Crippen molar-refractivity contribution in [3.05, 3.63) is 0 Å². The van der Waals surface area contributed by atoms with E-state index in [1.165, 1.54) is 6.92 Å². The molecular formula is C17H29N5O8. The summed E-state index contributed by atoms with van der Waals surface area (Å²) in [5.74, 6) is -6.36. The second kappa shape index (κ2) is 12.4. The lowest BCUT2D eigenvalue weighted by Gasteiger charge is -2.23. The highest BCUT2D eigenvalue weighted by atomic mass is 16.4. The molecule has 0 saturated carbocycles. The first-order valence-corrected chi connectivity index (χ1v) is 9.14. The Morgan fingerprint density at radius 3 is 1.77 bits per heavy atom. The molecule has 0 aliphatic rings.